The number of imidazole rings is 1. The van der Waals surface area contributed by atoms with Gasteiger partial charge >= 0.3 is 5.69 Å². The first-order valence-corrected chi connectivity index (χ1v) is 11.7. The van der Waals surface area contributed by atoms with E-state index in [1.807, 2.05) is 16.7 Å². The lowest BCUT2D eigenvalue weighted by atomic mass is 10.2. The molecule has 0 aromatic carbocycles. The molecule has 0 aliphatic rings. The Bertz CT molecular complexity index is 1330. The molecule has 4 rings (SSSR count). The summed E-state index contributed by atoms with van der Waals surface area (Å²) in [5.41, 5.74) is -0.0263. The molecule has 0 saturated carbocycles. The summed E-state index contributed by atoms with van der Waals surface area (Å²) in [4.78, 5) is 31.9. The van der Waals surface area contributed by atoms with Gasteiger partial charge in [0.25, 0.3) is 5.56 Å². The van der Waals surface area contributed by atoms with Crippen molar-refractivity contribution in [3.05, 3.63) is 45.1 Å². The minimum absolute atomic E-state index is 0.390. The van der Waals surface area contributed by atoms with Crippen molar-refractivity contribution in [1.82, 2.24) is 33.9 Å². The van der Waals surface area contributed by atoms with Crippen LogP contribution >= 0.6 is 11.8 Å². The lowest BCUT2D eigenvalue weighted by Gasteiger charge is -2.11. The Labute approximate surface area is 188 Å². The number of aromatic nitrogens is 7. The van der Waals surface area contributed by atoms with Crippen LogP contribution in [0.1, 0.15) is 39.4 Å². The van der Waals surface area contributed by atoms with Crippen LogP contribution in [0, 0.1) is 5.92 Å². The maximum atomic E-state index is 12.5. The highest BCUT2D eigenvalue weighted by Crippen LogP contribution is 2.28. The number of thioether (sulfide) groups is 1. The monoisotopic (exact) mass is 457 g/mol. The highest BCUT2D eigenvalue weighted by Gasteiger charge is 2.20. The van der Waals surface area contributed by atoms with Crippen molar-refractivity contribution in [2.75, 3.05) is 0 Å². The summed E-state index contributed by atoms with van der Waals surface area (Å²) in [6, 6.07) is 3.69. The lowest BCUT2D eigenvalue weighted by Crippen LogP contribution is -2.31. The van der Waals surface area contributed by atoms with Crippen LogP contribution < -0.4 is 11.2 Å². The fourth-order valence-electron chi connectivity index (χ4n) is 3.59. The average molecular weight is 458 g/mol. The van der Waals surface area contributed by atoms with Gasteiger partial charge in [-0.3, -0.25) is 18.9 Å². The van der Waals surface area contributed by atoms with Crippen molar-refractivity contribution in [3.8, 4) is 11.6 Å². The Balaban J connectivity index is 1.68. The van der Waals surface area contributed by atoms with E-state index in [4.69, 9.17) is 4.42 Å². The van der Waals surface area contributed by atoms with Crippen LogP contribution in [-0.4, -0.2) is 33.9 Å². The second-order valence-electron chi connectivity index (χ2n) is 8.10. The van der Waals surface area contributed by atoms with Gasteiger partial charge in [0, 0.05) is 20.1 Å². The van der Waals surface area contributed by atoms with Gasteiger partial charge in [0.15, 0.2) is 27.9 Å². The predicted molar refractivity (Wildman–Crippen MR) is 123 cm³/mol. The quantitative estimate of drug-likeness (QED) is 0.384. The molecule has 4 heterocycles. The predicted octanol–water partition coefficient (Wildman–Crippen LogP) is 3.02. The maximum Gasteiger partial charge on any atom is 0.330 e. The number of rotatable bonds is 9. The molecule has 0 unspecified atom stereocenters. The van der Waals surface area contributed by atoms with Gasteiger partial charge < -0.3 is 8.98 Å². The van der Waals surface area contributed by atoms with E-state index in [0.29, 0.717) is 46.8 Å². The average Bonchev–Trinajstić information content (AvgIpc) is 3.46. The Morgan fingerprint density at radius 2 is 2.03 bits per heavy atom. The molecule has 1 N–H and O–H groups in total. The third-order valence-electron chi connectivity index (χ3n) is 5.18. The molecular weight excluding hydrogens is 430 g/mol. The number of unbranched alkanes of at least 4 members (excludes halogenated alkanes) is 1. The van der Waals surface area contributed by atoms with Crippen LogP contribution in [0.5, 0.6) is 0 Å². The molecule has 11 heteroatoms. The van der Waals surface area contributed by atoms with E-state index in [9.17, 15) is 9.59 Å². The molecule has 0 radical (unpaired) electrons. The van der Waals surface area contributed by atoms with Gasteiger partial charge in [-0.15, -0.1) is 10.2 Å². The van der Waals surface area contributed by atoms with E-state index < -0.39 is 11.2 Å². The van der Waals surface area contributed by atoms with Gasteiger partial charge in [-0.2, -0.15) is 0 Å². The minimum atomic E-state index is -0.424. The van der Waals surface area contributed by atoms with E-state index >= 15 is 0 Å². The molecule has 0 bridgehead atoms. The van der Waals surface area contributed by atoms with Crippen molar-refractivity contribution < 1.29 is 4.42 Å². The summed E-state index contributed by atoms with van der Waals surface area (Å²) < 4.78 is 10.9. The number of H-pyrrole nitrogens is 1. The third kappa shape index (κ3) is 4.16. The van der Waals surface area contributed by atoms with Gasteiger partial charge in [-0.1, -0.05) is 39.0 Å². The molecule has 4 aromatic heterocycles. The Morgan fingerprint density at radius 3 is 2.72 bits per heavy atom. The Hall–Kier alpha value is -3.08. The molecule has 4 aromatic rings. The van der Waals surface area contributed by atoms with Crippen LogP contribution in [0.15, 0.2) is 37.6 Å². The second-order valence-corrected chi connectivity index (χ2v) is 9.04. The van der Waals surface area contributed by atoms with Crippen molar-refractivity contribution in [2.24, 2.45) is 13.0 Å². The number of hydrogen-bond donors (Lipinski definition) is 1. The zero-order valence-electron chi connectivity index (χ0n) is 18.7. The highest BCUT2D eigenvalue weighted by atomic mass is 32.2. The summed E-state index contributed by atoms with van der Waals surface area (Å²) in [7, 11) is 1.79. The molecule has 0 aliphatic heterocycles. The van der Waals surface area contributed by atoms with Crippen LogP contribution in [-0.2, 0) is 25.9 Å². The molecule has 0 amide bonds. The zero-order valence-corrected chi connectivity index (χ0v) is 19.5. The first kappa shape index (κ1) is 22.1. The fourth-order valence-corrected chi connectivity index (χ4v) is 4.52. The minimum Gasteiger partial charge on any atom is -0.461 e. The first-order valence-electron chi connectivity index (χ1n) is 10.7. The standard InChI is InChI=1S/C21H27N7O3S/c1-5-6-9-27-18-16(19(29)23-20(27)30)26(4)15(22-18)12-32-21-25-24-17(14-8-7-10-31-14)28(21)11-13(2)3/h7-8,10,13H,5-6,9,11-12H2,1-4H3,(H,23,29,30). The van der Waals surface area contributed by atoms with E-state index in [-0.39, 0.29) is 0 Å². The number of aryl methyl sites for hydroxylation is 2. The molecule has 0 spiro atoms. The topological polar surface area (TPSA) is 117 Å². The van der Waals surface area contributed by atoms with Gasteiger partial charge in [0.05, 0.1) is 12.0 Å². The van der Waals surface area contributed by atoms with Crippen LogP contribution in [0.3, 0.4) is 0 Å². The van der Waals surface area contributed by atoms with E-state index in [1.165, 1.54) is 11.8 Å². The summed E-state index contributed by atoms with van der Waals surface area (Å²) in [5.74, 6) is 2.90. The van der Waals surface area contributed by atoms with Crippen LogP contribution in [0.25, 0.3) is 22.7 Å². The van der Waals surface area contributed by atoms with Crippen molar-refractivity contribution in [2.45, 2.75) is 57.6 Å². The van der Waals surface area contributed by atoms with Gasteiger partial charge in [-0.25, -0.2) is 9.78 Å². The molecule has 0 aliphatic carbocycles. The normalized spacial score (nSPS) is 11.8. The van der Waals surface area contributed by atoms with Gasteiger partial charge in [0.2, 0.25) is 0 Å². The molecule has 170 valence electrons. The van der Waals surface area contributed by atoms with E-state index in [0.717, 1.165) is 24.5 Å². The highest BCUT2D eigenvalue weighted by molar-refractivity contribution is 7.98. The van der Waals surface area contributed by atoms with Crippen molar-refractivity contribution in [1.29, 1.82) is 0 Å². The number of fused-ring (bicyclic) bond motifs is 1. The number of nitrogens with one attached hydrogen (secondary N) is 1. The molecule has 32 heavy (non-hydrogen) atoms. The smallest absolute Gasteiger partial charge is 0.330 e. The molecule has 0 atom stereocenters. The second kappa shape index (κ2) is 9.19. The molecule has 0 saturated heterocycles. The number of furan rings is 1. The first-order chi connectivity index (χ1) is 15.4. The van der Waals surface area contributed by atoms with Gasteiger partial charge in [0.1, 0.15) is 5.82 Å². The summed E-state index contributed by atoms with van der Waals surface area (Å²) >= 11 is 1.49. The lowest BCUT2D eigenvalue weighted by molar-refractivity contribution is 0.489. The van der Waals surface area contributed by atoms with Gasteiger partial charge in [-0.05, 0) is 24.5 Å². The largest absolute Gasteiger partial charge is 0.461 e. The van der Waals surface area contributed by atoms with Crippen molar-refractivity contribution in [3.63, 3.8) is 0 Å². The number of nitrogens with zero attached hydrogens (tertiary/aromatic N) is 6. The maximum absolute atomic E-state index is 12.5. The van der Waals surface area contributed by atoms with Crippen LogP contribution in [0.4, 0.5) is 0 Å². The SMILES string of the molecule is CCCCn1c(=O)[nH]c(=O)c2c1nc(CSc1nnc(-c3ccco3)n1CC(C)C)n2C. The van der Waals surface area contributed by atoms with Crippen LogP contribution in [0.2, 0.25) is 0 Å². The van der Waals surface area contributed by atoms with Crippen molar-refractivity contribution >= 4 is 22.9 Å². The summed E-state index contributed by atoms with van der Waals surface area (Å²) in [5, 5.41) is 9.45. The summed E-state index contributed by atoms with van der Waals surface area (Å²) in [6.45, 7) is 7.58. The zero-order chi connectivity index (χ0) is 22.8. The molecular formula is C21H27N7O3S. The fraction of sp³-hybridized carbons (Fsp3) is 0.476. The Morgan fingerprint density at radius 1 is 1.22 bits per heavy atom. The summed E-state index contributed by atoms with van der Waals surface area (Å²) in [6.07, 6.45) is 3.38. The molecule has 10 nitrogen and oxygen atoms in total. The third-order valence-corrected chi connectivity index (χ3v) is 6.14. The molecule has 0 fully saturated rings. The van der Waals surface area contributed by atoms with E-state index in [2.05, 4.69) is 40.9 Å². The number of aromatic amines is 1. The Kier molecular flexibility index (Phi) is 6.35. The van der Waals surface area contributed by atoms with E-state index in [1.54, 1.807) is 22.4 Å². The number of hydrogen-bond acceptors (Lipinski definition) is 7.